The Bertz CT molecular complexity index is 422. The minimum atomic E-state index is -0.406. The molecule has 0 saturated heterocycles. The summed E-state index contributed by atoms with van der Waals surface area (Å²) >= 11 is 0. The maximum absolute atomic E-state index is 13.8. The third kappa shape index (κ3) is 3.78. The molecule has 114 valence electrons. The molecule has 0 amide bonds. The second kappa shape index (κ2) is 7.36. The normalized spacial score (nSPS) is 11.4. The molecule has 0 aliphatic carbocycles. The number of nitrogens with one attached hydrogen (secondary N) is 1. The third-order valence-electron chi connectivity index (χ3n) is 4.00. The van der Waals surface area contributed by atoms with Crippen molar-refractivity contribution in [3.63, 3.8) is 0 Å². The van der Waals surface area contributed by atoms with E-state index in [1.54, 1.807) is 6.07 Å². The number of nitrogens with two attached hydrogens (primary N) is 1. The van der Waals surface area contributed by atoms with Crippen LogP contribution in [0.3, 0.4) is 0 Å². The van der Waals surface area contributed by atoms with Gasteiger partial charge in [0.15, 0.2) is 11.6 Å². The number of benzene rings is 1. The van der Waals surface area contributed by atoms with Crippen LogP contribution >= 0.6 is 0 Å². The van der Waals surface area contributed by atoms with Gasteiger partial charge in [0.2, 0.25) is 0 Å². The summed E-state index contributed by atoms with van der Waals surface area (Å²) in [4.78, 5) is 0. The van der Waals surface area contributed by atoms with E-state index in [9.17, 15) is 4.39 Å². The summed E-state index contributed by atoms with van der Waals surface area (Å²) in [5.74, 6) is -0.141. The molecule has 0 fully saturated rings. The Balaban J connectivity index is 3.04. The quantitative estimate of drug-likeness (QED) is 0.686. The van der Waals surface area contributed by atoms with Crippen LogP contribution in [0.2, 0.25) is 0 Å². The van der Waals surface area contributed by atoms with E-state index in [1.165, 1.54) is 6.07 Å². The van der Waals surface area contributed by atoms with Crippen molar-refractivity contribution >= 4 is 11.4 Å². The van der Waals surface area contributed by atoms with Crippen LogP contribution in [0.4, 0.5) is 15.8 Å². The summed E-state index contributed by atoms with van der Waals surface area (Å²) in [6, 6.07) is 3.01. The van der Waals surface area contributed by atoms with Crippen LogP contribution in [0.25, 0.3) is 0 Å². The number of rotatable bonds is 8. The Labute approximate surface area is 121 Å². The zero-order valence-electron chi connectivity index (χ0n) is 13.1. The molecule has 1 rings (SSSR count). The first kappa shape index (κ1) is 16.6. The topological polar surface area (TPSA) is 47.3 Å². The Morgan fingerprint density at radius 2 is 1.75 bits per heavy atom. The van der Waals surface area contributed by atoms with Gasteiger partial charge in [-0.2, -0.15) is 0 Å². The number of ether oxygens (including phenoxy) is 1. The molecule has 3 nitrogen and oxygen atoms in total. The van der Waals surface area contributed by atoms with E-state index in [0.29, 0.717) is 12.3 Å². The molecular weight excluding hydrogens is 255 g/mol. The van der Waals surface area contributed by atoms with Crippen LogP contribution in [0.1, 0.15) is 53.4 Å². The zero-order chi connectivity index (χ0) is 15.2. The largest absolute Gasteiger partial charge is 0.490 e. The monoisotopic (exact) mass is 282 g/mol. The molecule has 0 heterocycles. The van der Waals surface area contributed by atoms with Crippen molar-refractivity contribution in [2.45, 2.75) is 58.9 Å². The predicted molar refractivity (Wildman–Crippen MR) is 83.8 cm³/mol. The van der Waals surface area contributed by atoms with E-state index in [-0.39, 0.29) is 11.3 Å². The highest BCUT2D eigenvalue weighted by atomic mass is 19.1. The van der Waals surface area contributed by atoms with Gasteiger partial charge in [-0.1, -0.05) is 27.7 Å². The molecule has 0 radical (unpaired) electrons. The van der Waals surface area contributed by atoms with Crippen LogP contribution in [0, 0.1) is 5.82 Å². The van der Waals surface area contributed by atoms with Crippen molar-refractivity contribution in [1.82, 2.24) is 0 Å². The smallest absolute Gasteiger partial charge is 0.167 e. The minimum absolute atomic E-state index is 0.00598. The molecule has 1 aromatic carbocycles. The molecule has 20 heavy (non-hydrogen) atoms. The Morgan fingerprint density at radius 3 is 2.25 bits per heavy atom. The summed E-state index contributed by atoms with van der Waals surface area (Å²) in [6.07, 6.45) is 3.81. The number of halogens is 1. The Morgan fingerprint density at radius 1 is 1.15 bits per heavy atom. The molecule has 1 aromatic rings. The molecule has 0 aliphatic rings. The summed E-state index contributed by atoms with van der Waals surface area (Å²) in [5, 5.41) is 3.48. The van der Waals surface area contributed by atoms with Gasteiger partial charge in [-0.15, -0.1) is 0 Å². The minimum Gasteiger partial charge on any atom is -0.490 e. The maximum atomic E-state index is 13.8. The van der Waals surface area contributed by atoms with E-state index < -0.39 is 5.82 Å². The first-order chi connectivity index (χ1) is 9.51. The van der Waals surface area contributed by atoms with Crippen molar-refractivity contribution in [3.8, 4) is 5.75 Å². The fourth-order valence-corrected chi connectivity index (χ4v) is 2.30. The number of anilines is 2. The van der Waals surface area contributed by atoms with Gasteiger partial charge < -0.3 is 15.8 Å². The molecule has 3 N–H and O–H groups in total. The van der Waals surface area contributed by atoms with E-state index in [4.69, 9.17) is 10.5 Å². The Kier molecular flexibility index (Phi) is 6.11. The highest BCUT2D eigenvalue weighted by molar-refractivity contribution is 5.69. The van der Waals surface area contributed by atoms with E-state index in [1.807, 2.05) is 6.92 Å². The number of hydrogen-bond donors (Lipinski definition) is 2. The molecule has 0 aliphatic heterocycles. The molecule has 0 bridgehead atoms. The van der Waals surface area contributed by atoms with Crippen LogP contribution in [-0.4, -0.2) is 12.1 Å². The van der Waals surface area contributed by atoms with Gasteiger partial charge in [-0.05, 0) is 25.7 Å². The summed E-state index contributed by atoms with van der Waals surface area (Å²) in [5.41, 5.74) is 7.10. The third-order valence-corrected chi connectivity index (χ3v) is 4.00. The molecule has 0 aromatic heterocycles. The van der Waals surface area contributed by atoms with Crippen molar-refractivity contribution in [2.75, 3.05) is 17.7 Å². The van der Waals surface area contributed by atoms with Gasteiger partial charge in [0.05, 0.1) is 18.0 Å². The highest BCUT2D eigenvalue weighted by Crippen LogP contribution is 2.33. The van der Waals surface area contributed by atoms with E-state index in [2.05, 4.69) is 26.1 Å². The standard InChI is InChI=1S/C16H27FN2O/c1-5-9-20-15-11-14(13(18)10-12(15)17)19-16(6-2,7-3)8-4/h10-11,19H,5-9,18H2,1-4H3. The van der Waals surface area contributed by atoms with Crippen molar-refractivity contribution in [2.24, 2.45) is 0 Å². The second-order valence-corrected chi connectivity index (χ2v) is 5.18. The summed E-state index contributed by atoms with van der Waals surface area (Å²) in [6.45, 7) is 8.93. The lowest BCUT2D eigenvalue weighted by atomic mass is 9.89. The molecular formula is C16H27FN2O. The van der Waals surface area contributed by atoms with E-state index in [0.717, 1.165) is 31.4 Å². The predicted octanol–water partition coefficient (Wildman–Crippen LogP) is 4.58. The lowest BCUT2D eigenvalue weighted by Gasteiger charge is -2.33. The number of hydrogen-bond acceptors (Lipinski definition) is 3. The first-order valence-corrected chi connectivity index (χ1v) is 7.51. The fraction of sp³-hybridized carbons (Fsp3) is 0.625. The molecule has 0 unspecified atom stereocenters. The van der Waals surface area contributed by atoms with Crippen molar-refractivity contribution < 1.29 is 9.13 Å². The molecule has 4 heteroatoms. The Hall–Kier alpha value is -1.45. The summed E-state index contributed by atoms with van der Waals surface area (Å²) in [7, 11) is 0. The molecule has 0 atom stereocenters. The summed E-state index contributed by atoms with van der Waals surface area (Å²) < 4.78 is 19.2. The average molecular weight is 282 g/mol. The van der Waals surface area contributed by atoms with E-state index >= 15 is 0 Å². The van der Waals surface area contributed by atoms with Gasteiger partial charge in [0.1, 0.15) is 0 Å². The molecule has 0 saturated carbocycles. The van der Waals surface area contributed by atoms with Gasteiger partial charge in [-0.25, -0.2) is 4.39 Å². The van der Waals surface area contributed by atoms with Crippen LogP contribution in [0.15, 0.2) is 12.1 Å². The van der Waals surface area contributed by atoms with Crippen LogP contribution in [-0.2, 0) is 0 Å². The lowest BCUT2D eigenvalue weighted by Crippen LogP contribution is -2.36. The average Bonchev–Trinajstić information content (AvgIpc) is 2.46. The maximum Gasteiger partial charge on any atom is 0.167 e. The fourth-order valence-electron chi connectivity index (χ4n) is 2.30. The zero-order valence-corrected chi connectivity index (χ0v) is 13.1. The van der Waals surface area contributed by atoms with Gasteiger partial charge in [0.25, 0.3) is 0 Å². The van der Waals surface area contributed by atoms with Crippen LogP contribution in [0.5, 0.6) is 5.75 Å². The SMILES string of the molecule is CCCOc1cc(NC(CC)(CC)CC)c(N)cc1F. The first-order valence-electron chi connectivity index (χ1n) is 7.51. The highest BCUT2D eigenvalue weighted by Gasteiger charge is 2.24. The van der Waals surface area contributed by atoms with Crippen molar-refractivity contribution in [1.29, 1.82) is 0 Å². The second-order valence-electron chi connectivity index (χ2n) is 5.18. The lowest BCUT2D eigenvalue weighted by molar-refractivity contribution is 0.301. The van der Waals surface area contributed by atoms with Crippen molar-refractivity contribution in [3.05, 3.63) is 17.9 Å². The van der Waals surface area contributed by atoms with Gasteiger partial charge in [-0.3, -0.25) is 0 Å². The van der Waals surface area contributed by atoms with Crippen LogP contribution < -0.4 is 15.8 Å². The van der Waals surface area contributed by atoms with Gasteiger partial charge >= 0.3 is 0 Å². The van der Waals surface area contributed by atoms with Gasteiger partial charge in [0, 0.05) is 17.7 Å². The molecule has 0 spiro atoms. The number of nitrogen functional groups attached to an aromatic ring is 1.